The average Bonchev–Trinajstić information content (AvgIpc) is 2.40. The molecule has 1 atom stereocenters. The molecule has 1 fully saturated rings. The van der Waals surface area contributed by atoms with Gasteiger partial charge in [-0.25, -0.2) is 0 Å². The van der Waals surface area contributed by atoms with Gasteiger partial charge in [0.15, 0.2) is 0 Å². The van der Waals surface area contributed by atoms with Crippen molar-refractivity contribution in [3.63, 3.8) is 0 Å². The number of thioether (sulfide) groups is 1. The quantitative estimate of drug-likeness (QED) is 0.908. The maximum atomic E-state index is 11.9. The lowest BCUT2D eigenvalue weighted by Crippen LogP contribution is -2.20. The first-order valence-corrected chi connectivity index (χ1v) is 7.32. The molecule has 1 amide bonds. The van der Waals surface area contributed by atoms with Gasteiger partial charge in [-0.3, -0.25) is 4.79 Å². The summed E-state index contributed by atoms with van der Waals surface area (Å²) in [7, 11) is 0. The molecule has 0 spiro atoms. The maximum absolute atomic E-state index is 11.9. The van der Waals surface area contributed by atoms with Crippen LogP contribution in [0, 0.1) is 17.2 Å². The predicted octanol–water partition coefficient (Wildman–Crippen LogP) is 3.03. The normalized spacial score (nSPS) is 18.9. The summed E-state index contributed by atoms with van der Waals surface area (Å²) < 4.78 is 0. The highest BCUT2D eigenvalue weighted by Crippen LogP contribution is 2.25. The van der Waals surface area contributed by atoms with Crippen LogP contribution in [0.5, 0.6) is 0 Å². The second kappa shape index (κ2) is 6.46. The van der Waals surface area contributed by atoms with Gasteiger partial charge in [0.2, 0.25) is 5.91 Å². The predicted molar refractivity (Wildman–Crippen MR) is 74.5 cm³/mol. The Morgan fingerprint density at radius 3 is 3.06 bits per heavy atom. The number of hydrogen-bond acceptors (Lipinski definition) is 3. The highest BCUT2D eigenvalue weighted by atomic mass is 32.2. The molecule has 1 aliphatic heterocycles. The van der Waals surface area contributed by atoms with Crippen LogP contribution < -0.4 is 5.32 Å². The average molecular weight is 260 g/mol. The third-order valence-corrected chi connectivity index (χ3v) is 4.33. The Labute approximate surface area is 112 Å². The van der Waals surface area contributed by atoms with E-state index in [4.69, 9.17) is 5.26 Å². The van der Waals surface area contributed by atoms with Gasteiger partial charge in [0.1, 0.15) is 6.07 Å². The van der Waals surface area contributed by atoms with Crippen molar-refractivity contribution in [1.82, 2.24) is 0 Å². The van der Waals surface area contributed by atoms with Crippen molar-refractivity contribution in [3.8, 4) is 6.07 Å². The molecule has 1 N–H and O–H groups in total. The van der Waals surface area contributed by atoms with E-state index in [0.29, 0.717) is 23.6 Å². The molecule has 94 valence electrons. The molecule has 0 aliphatic carbocycles. The number of para-hydroxylation sites is 1. The Morgan fingerprint density at radius 2 is 2.33 bits per heavy atom. The Bertz CT molecular complexity index is 461. The van der Waals surface area contributed by atoms with Crippen molar-refractivity contribution in [2.24, 2.45) is 5.92 Å². The molecule has 18 heavy (non-hydrogen) atoms. The standard InChI is InChI=1S/C14H16N2OS/c15-9-12-5-1-2-6-13(12)16-14(17)8-11-4-3-7-18-10-11/h1-2,5-6,11H,3-4,7-8,10H2,(H,16,17). The maximum Gasteiger partial charge on any atom is 0.224 e. The van der Waals surface area contributed by atoms with Crippen LogP contribution in [0.1, 0.15) is 24.8 Å². The van der Waals surface area contributed by atoms with Crippen LogP contribution in [0.15, 0.2) is 24.3 Å². The Kier molecular flexibility index (Phi) is 4.66. The van der Waals surface area contributed by atoms with Crippen molar-refractivity contribution >= 4 is 23.4 Å². The van der Waals surface area contributed by atoms with Crippen LogP contribution in [0.2, 0.25) is 0 Å². The van der Waals surface area contributed by atoms with E-state index < -0.39 is 0 Å². The summed E-state index contributed by atoms with van der Waals surface area (Å²) in [5.74, 6) is 2.80. The van der Waals surface area contributed by atoms with E-state index in [2.05, 4.69) is 11.4 Å². The van der Waals surface area contributed by atoms with E-state index in [1.807, 2.05) is 17.8 Å². The molecule has 0 saturated carbocycles. The van der Waals surface area contributed by atoms with E-state index in [0.717, 1.165) is 12.2 Å². The molecule has 1 heterocycles. The van der Waals surface area contributed by atoms with E-state index in [1.54, 1.807) is 18.2 Å². The molecule has 1 aromatic carbocycles. The van der Waals surface area contributed by atoms with Gasteiger partial charge in [-0.2, -0.15) is 17.0 Å². The monoisotopic (exact) mass is 260 g/mol. The lowest BCUT2D eigenvalue weighted by molar-refractivity contribution is -0.117. The molecule has 1 aromatic rings. The molecule has 4 heteroatoms. The molecule has 2 rings (SSSR count). The second-order valence-corrected chi connectivity index (χ2v) is 5.64. The zero-order chi connectivity index (χ0) is 12.8. The van der Waals surface area contributed by atoms with Gasteiger partial charge in [0.05, 0.1) is 11.3 Å². The number of nitrogens with one attached hydrogen (secondary N) is 1. The van der Waals surface area contributed by atoms with E-state index in [1.165, 1.54) is 12.2 Å². The summed E-state index contributed by atoms with van der Waals surface area (Å²) in [5, 5.41) is 11.8. The van der Waals surface area contributed by atoms with Crippen molar-refractivity contribution in [1.29, 1.82) is 5.26 Å². The number of hydrogen-bond donors (Lipinski definition) is 1. The molecular formula is C14H16N2OS. The highest BCUT2D eigenvalue weighted by molar-refractivity contribution is 7.99. The zero-order valence-electron chi connectivity index (χ0n) is 10.2. The van der Waals surface area contributed by atoms with Crippen molar-refractivity contribution in [2.75, 3.05) is 16.8 Å². The minimum Gasteiger partial charge on any atom is -0.325 e. The summed E-state index contributed by atoms with van der Waals surface area (Å²) in [4.78, 5) is 11.9. The minimum atomic E-state index is 0.0187. The fourth-order valence-corrected chi connectivity index (χ4v) is 3.28. The fraction of sp³-hybridized carbons (Fsp3) is 0.429. The van der Waals surface area contributed by atoms with Crippen LogP contribution in [-0.2, 0) is 4.79 Å². The van der Waals surface area contributed by atoms with Gasteiger partial charge < -0.3 is 5.32 Å². The number of nitrogens with zero attached hydrogens (tertiary/aromatic N) is 1. The SMILES string of the molecule is N#Cc1ccccc1NC(=O)CC1CCCSC1. The summed E-state index contributed by atoms with van der Waals surface area (Å²) in [6.45, 7) is 0. The Hall–Kier alpha value is -1.47. The van der Waals surface area contributed by atoms with Crippen molar-refractivity contribution in [3.05, 3.63) is 29.8 Å². The number of carbonyl (C=O) groups is 1. The van der Waals surface area contributed by atoms with Crippen molar-refractivity contribution in [2.45, 2.75) is 19.3 Å². The van der Waals surface area contributed by atoms with Crippen LogP contribution in [0.25, 0.3) is 0 Å². The molecule has 3 nitrogen and oxygen atoms in total. The van der Waals surface area contributed by atoms with Crippen LogP contribution in [-0.4, -0.2) is 17.4 Å². The van der Waals surface area contributed by atoms with Gasteiger partial charge in [-0.1, -0.05) is 12.1 Å². The van der Waals surface area contributed by atoms with E-state index in [9.17, 15) is 4.79 Å². The van der Waals surface area contributed by atoms with Gasteiger partial charge in [-0.15, -0.1) is 0 Å². The largest absolute Gasteiger partial charge is 0.325 e. The van der Waals surface area contributed by atoms with Gasteiger partial charge in [0.25, 0.3) is 0 Å². The van der Waals surface area contributed by atoms with Crippen LogP contribution in [0.3, 0.4) is 0 Å². The topological polar surface area (TPSA) is 52.9 Å². The van der Waals surface area contributed by atoms with Gasteiger partial charge >= 0.3 is 0 Å². The molecule has 1 unspecified atom stereocenters. The third kappa shape index (κ3) is 3.51. The number of benzene rings is 1. The highest BCUT2D eigenvalue weighted by Gasteiger charge is 2.17. The van der Waals surface area contributed by atoms with Crippen LogP contribution in [0.4, 0.5) is 5.69 Å². The first-order valence-electron chi connectivity index (χ1n) is 6.16. The molecule has 0 bridgehead atoms. The first-order chi connectivity index (χ1) is 8.79. The lowest BCUT2D eigenvalue weighted by atomic mass is 10.0. The number of carbonyl (C=O) groups excluding carboxylic acids is 1. The molecule has 0 radical (unpaired) electrons. The third-order valence-electron chi connectivity index (χ3n) is 3.05. The number of amides is 1. The summed E-state index contributed by atoms with van der Waals surface area (Å²) >= 11 is 1.93. The van der Waals surface area contributed by atoms with E-state index in [-0.39, 0.29) is 5.91 Å². The summed E-state index contributed by atoms with van der Waals surface area (Å²) in [6, 6.07) is 9.19. The number of nitriles is 1. The molecular weight excluding hydrogens is 244 g/mol. The summed E-state index contributed by atoms with van der Waals surface area (Å²) in [6.07, 6.45) is 2.91. The zero-order valence-corrected chi connectivity index (χ0v) is 11.0. The molecule has 1 aliphatic rings. The second-order valence-electron chi connectivity index (χ2n) is 4.49. The molecule has 0 aromatic heterocycles. The molecule has 1 saturated heterocycles. The Balaban J connectivity index is 1.92. The number of rotatable bonds is 3. The smallest absolute Gasteiger partial charge is 0.224 e. The fourth-order valence-electron chi connectivity index (χ4n) is 2.12. The number of anilines is 1. The lowest BCUT2D eigenvalue weighted by Gasteiger charge is -2.20. The Morgan fingerprint density at radius 1 is 1.50 bits per heavy atom. The first kappa shape index (κ1) is 13.0. The van der Waals surface area contributed by atoms with Gasteiger partial charge in [-0.05, 0) is 42.4 Å². The van der Waals surface area contributed by atoms with Crippen LogP contribution >= 0.6 is 11.8 Å². The van der Waals surface area contributed by atoms with E-state index >= 15 is 0 Å². The van der Waals surface area contributed by atoms with Crippen molar-refractivity contribution < 1.29 is 4.79 Å². The van der Waals surface area contributed by atoms with Gasteiger partial charge in [0, 0.05) is 6.42 Å². The minimum absolute atomic E-state index is 0.0187. The summed E-state index contributed by atoms with van der Waals surface area (Å²) in [5.41, 5.74) is 1.14.